The Hall–Kier alpha value is -2.44. The number of carboxylic acids is 1. The predicted octanol–water partition coefficient (Wildman–Crippen LogP) is 1.60. The third-order valence-electron chi connectivity index (χ3n) is 4.10. The standard InChI is InChI=1S/C14H16N4O3/c1-21-11-6-3-2-5-10(11)12-15-16-17-18(12)9-14(13(19)20)7-4-8-14/h2-3,5-6H,4,7-9H2,1H3,(H,19,20). The van der Waals surface area contributed by atoms with Crippen molar-refractivity contribution in [3.63, 3.8) is 0 Å². The number of tetrazole rings is 1. The number of carboxylic acid groups (broad SMARTS) is 1. The van der Waals surface area contributed by atoms with Crippen LogP contribution in [-0.4, -0.2) is 38.4 Å². The molecule has 0 atom stereocenters. The normalized spacial score (nSPS) is 16.2. The Morgan fingerprint density at radius 2 is 2.19 bits per heavy atom. The van der Waals surface area contributed by atoms with Gasteiger partial charge in [0, 0.05) is 0 Å². The van der Waals surface area contributed by atoms with Crippen molar-refractivity contribution >= 4 is 5.97 Å². The second-order valence-electron chi connectivity index (χ2n) is 5.30. The second-order valence-corrected chi connectivity index (χ2v) is 5.30. The first-order valence-electron chi connectivity index (χ1n) is 6.79. The number of methoxy groups -OCH3 is 1. The fraction of sp³-hybridized carbons (Fsp3) is 0.429. The van der Waals surface area contributed by atoms with Crippen molar-refractivity contribution in [2.45, 2.75) is 25.8 Å². The van der Waals surface area contributed by atoms with Crippen LogP contribution in [0.3, 0.4) is 0 Å². The maximum Gasteiger partial charge on any atom is 0.311 e. The zero-order valence-electron chi connectivity index (χ0n) is 11.7. The summed E-state index contributed by atoms with van der Waals surface area (Å²) in [6, 6.07) is 7.41. The van der Waals surface area contributed by atoms with Crippen molar-refractivity contribution in [2.24, 2.45) is 5.41 Å². The highest BCUT2D eigenvalue weighted by atomic mass is 16.5. The van der Waals surface area contributed by atoms with Gasteiger partial charge in [0.1, 0.15) is 5.75 Å². The minimum atomic E-state index is -0.782. The molecule has 110 valence electrons. The molecule has 1 fully saturated rings. The van der Waals surface area contributed by atoms with Crippen molar-refractivity contribution in [3.8, 4) is 17.1 Å². The highest BCUT2D eigenvalue weighted by Gasteiger charge is 2.45. The number of para-hydroxylation sites is 1. The molecule has 0 unspecified atom stereocenters. The molecule has 7 heteroatoms. The maximum atomic E-state index is 11.5. The summed E-state index contributed by atoms with van der Waals surface area (Å²) >= 11 is 0. The van der Waals surface area contributed by atoms with E-state index in [1.165, 1.54) is 0 Å². The van der Waals surface area contributed by atoms with Crippen LogP contribution in [-0.2, 0) is 11.3 Å². The van der Waals surface area contributed by atoms with Gasteiger partial charge in [0.15, 0.2) is 5.82 Å². The molecule has 3 rings (SSSR count). The highest BCUT2D eigenvalue weighted by molar-refractivity contribution is 5.75. The van der Waals surface area contributed by atoms with E-state index in [1.807, 2.05) is 24.3 Å². The van der Waals surface area contributed by atoms with Gasteiger partial charge in [0.05, 0.1) is 24.6 Å². The Kier molecular flexibility index (Phi) is 3.32. The van der Waals surface area contributed by atoms with Crippen LogP contribution in [0.2, 0.25) is 0 Å². The molecule has 0 saturated heterocycles. The molecule has 1 saturated carbocycles. The first-order valence-corrected chi connectivity index (χ1v) is 6.79. The van der Waals surface area contributed by atoms with E-state index < -0.39 is 11.4 Å². The quantitative estimate of drug-likeness (QED) is 0.898. The largest absolute Gasteiger partial charge is 0.496 e. The monoisotopic (exact) mass is 288 g/mol. The molecule has 1 aliphatic rings. The first kappa shape index (κ1) is 13.5. The molecule has 0 amide bonds. The van der Waals surface area contributed by atoms with Gasteiger partial charge in [0.2, 0.25) is 0 Å². The lowest BCUT2D eigenvalue weighted by Crippen LogP contribution is -2.42. The number of benzene rings is 1. The summed E-state index contributed by atoms with van der Waals surface area (Å²) in [6.45, 7) is 0.280. The lowest BCUT2D eigenvalue weighted by atomic mass is 9.69. The minimum Gasteiger partial charge on any atom is -0.496 e. The summed E-state index contributed by atoms with van der Waals surface area (Å²) < 4.78 is 6.88. The number of hydrogen-bond acceptors (Lipinski definition) is 5. The number of aromatic nitrogens is 4. The van der Waals surface area contributed by atoms with Gasteiger partial charge in [-0.3, -0.25) is 4.79 Å². The number of aliphatic carboxylic acids is 1. The third-order valence-corrected chi connectivity index (χ3v) is 4.10. The summed E-state index contributed by atoms with van der Waals surface area (Å²) in [6.07, 6.45) is 2.25. The second kappa shape index (κ2) is 5.16. The van der Waals surface area contributed by atoms with E-state index in [-0.39, 0.29) is 6.54 Å². The van der Waals surface area contributed by atoms with Crippen LogP contribution in [0.5, 0.6) is 5.75 Å². The molecule has 21 heavy (non-hydrogen) atoms. The number of ether oxygens (including phenoxy) is 1. The van der Waals surface area contributed by atoms with Crippen LogP contribution in [0, 0.1) is 5.41 Å². The Labute approximate surface area is 121 Å². The Morgan fingerprint density at radius 3 is 2.81 bits per heavy atom. The van der Waals surface area contributed by atoms with Crippen LogP contribution in [0.1, 0.15) is 19.3 Å². The lowest BCUT2D eigenvalue weighted by molar-refractivity contribution is -0.156. The Morgan fingerprint density at radius 1 is 1.43 bits per heavy atom. The van der Waals surface area contributed by atoms with Crippen molar-refractivity contribution in [1.82, 2.24) is 20.2 Å². The van der Waals surface area contributed by atoms with Gasteiger partial charge in [-0.2, -0.15) is 0 Å². The van der Waals surface area contributed by atoms with Gasteiger partial charge in [-0.05, 0) is 35.4 Å². The molecule has 0 aliphatic heterocycles. The molecular weight excluding hydrogens is 272 g/mol. The summed E-state index contributed by atoms with van der Waals surface area (Å²) in [7, 11) is 1.58. The number of hydrogen-bond donors (Lipinski definition) is 1. The van der Waals surface area contributed by atoms with Gasteiger partial charge in [-0.15, -0.1) is 5.10 Å². The molecule has 1 heterocycles. The van der Waals surface area contributed by atoms with Crippen molar-refractivity contribution in [3.05, 3.63) is 24.3 Å². The molecule has 2 aromatic rings. The summed E-state index contributed by atoms with van der Waals surface area (Å²) in [5.41, 5.74) is 0.0106. The van der Waals surface area contributed by atoms with Crippen LogP contribution in [0.4, 0.5) is 0 Å². The van der Waals surface area contributed by atoms with Crippen LogP contribution in [0.25, 0.3) is 11.4 Å². The maximum absolute atomic E-state index is 11.5. The van der Waals surface area contributed by atoms with E-state index in [4.69, 9.17) is 4.74 Å². The van der Waals surface area contributed by atoms with Crippen molar-refractivity contribution in [2.75, 3.05) is 7.11 Å². The number of carbonyl (C=O) groups is 1. The minimum absolute atomic E-state index is 0.280. The summed E-state index contributed by atoms with van der Waals surface area (Å²) in [5, 5.41) is 21.1. The molecule has 0 bridgehead atoms. The summed E-state index contributed by atoms with van der Waals surface area (Å²) in [4.78, 5) is 11.5. The van der Waals surface area contributed by atoms with Gasteiger partial charge in [0.25, 0.3) is 0 Å². The molecule has 1 aromatic heterocycles. The lowest BCUT2D eigenvalue weighted by Gasteiger charge is -2.37. The molecular formula is C14H16N4O3. The van der Waals surface area contributed by atoms with Gasteiger partial charge in [-0.1, -0.05) is 18.6 Å². The van der Waals surface area contributed by atoms with Gasteiger partial charge < -0.3 is 9.84 Å². The van der Waals surface area contributed by atoms with E-state index in [9.17, 15) is 9.90 Å². The van der Waals surface area contributed by atoms with E-state index >= 15 is 0 Å². The highest BCUT2D eigenvalue weighted by Crippen LogP contribution is 2.43. The van der Waals surface area contributed by atoms with Gasteiger partial charge in [-0.25, -0.2) is 4.68 Å². The fourth-order valence-corrected chi connectivity index (χ4v) is 2.66. The topological polar surface area (TPSA) is 90.1 Å². The zero-order chi connectivity index (χ0) is 14.9. The molecule has 1 aromatic carbocycles. The SMILES string of the molecule is COc1ccccc1-c1nnnn1CC1(C(=O)O)CCC1. The zero-order valence-corrected chi connectivity index (χ0v) is 11.7. The third kappa shape index (κ3) is 2.24. The van der Waals surface area contributed by atoms with Crippen LogP contribution < -0.4 is 4.74 Å². The molecule has 1 aliphatic carbocycles. The molecule has 0 spiro atoms. The Balaban J connectivity index is 1.96. The first-order chi connectivity index (χ1) is 10.2. The molecule has 0 radical (unpaired) electrons. The number of rotatable bonds is 5. The van der Waals surface area contributed by atoms with Gasteiger partial charge >= 0.3 is 5.97 Å². The van der Waals surface area contributed by atoms with E-state index in [0.717, 1.165) is 12.0 Å². The Bertz CT molecular complexity index is 664. The number of nitrogens with zero attached hydrogens (tertiary/aromatic N) is 4. The molecule has 7 nitrogen and oxygen atoms in total. The molecule has 1 N–H and O–H groups in total. The smallest absolute Gasteiger partial charge is 0.311 e. The fourth-order valence-electron chi connectivity index (χ4n) is 2.66. The van der Waals surface area contributed by atoms with E-state index in [2.05, 4.69) is 15.5 Å². The summed E-state index contributed by atoms with van der Waals surface area (Å²) in [5.74, 6) is 0.404. The van der Waals surface area contributed by atoms with Crippen LogP contribution >= 0.6 is 0 Å². The van der Waals surface area contributed by atoms with Crippen LogP contribution in [0.15, 0.2) is 24.3 Å². The average Bonchev–Trinajstić information content (AvgIpc) is 2.90. The predicted molar refractivity (Wildman–Crippen MR) is 73.7 cm³/mol. The van der Waals surface area contributed by atoms with Crippen molar-refractivity contribution < 1.29 is 14.6 Å². The van der Waals surface area contributed by atoms with Crippen molar-refractivity contribution in [1.29, 1.82) is 0 Å². The van der Waals surface area contributed by atoms with E-state index in [1.54, 1.807) is 11.8 Å². The average molecular weight is 288 g/mol. The van der Waals surface area contributed by atoms with E-state index in [0.29, 0.717) is 24.4 Å².